The molecular formula is C13H15N3O4. The lowest BCUT2D eigenvalue weighted by Crippen LogP contribution is -2.36. The Kier molecular flexibility index (Phi) is 3.88. The predicted octanol–water partition coefficient (Wildman–Crippen LogP) is 0.365. The number of nitrogens with two attached hydrogens (primary N) is 1. The molecule has 106 valence electrons. The topological polar surface area (TPSA) is 102 Å². The van der Waals surface area contributed by atoms with Crippen molar-refractivity contribution < 1.29 is 19.1 Å². The van der Waals surface area contributed by atoms with E-state index in [1.165, 1.54) is 7.11 Å². The predicted molar refractivity (Wildman–Crippen MR) is 72.0 cm³/mol. The monoisotopic (exact) mass is 277 g/mol. The quantitative estimate of drug-likeness (QED) is 0.611. The average molecular weight is 277 g/mol. The Hall–Kier alpha value is -2.57. The van der Waals surface area contributed by atoms with Crippen LogP contribution in [0.15, 0.2) is 18.2 Å². The highest BCUT2D eigenvalue weighted by molar-refractivity contribution is 6.06. The van der Waals surface area contributed by atoms with E-state index in [0.29, 0.717) is 17.1 Å². The van der Waals surface area contributed by atoms with Crippen LogP contribution in [0.25, 0.3) is 0 Å². The summed E-state index contributed by atoms with van der Waals surface area (Å²) in [6.07, 6.45) is 0.321. The minimum Gasteiger partial charge on any atom is -0.495 e. The molecule has 1 aliphatic rings. The third-order valence-electron chi connectivity index (χ3n) is 2.95. The van der Waals surface area contributed by atoms with Crippen molar-refractivity contribution in [2.24, 2.45) is 0 Å². The molecule has 1 fully saturated rings. The molecule has 0 aliphatic carbocycles. The fourth-order valence-corrected chi connectivity index (χ4v) is 1.96. The third-order valence-corrected chi connectivity index (χ3v) is 2.95. The summed E-state index contributed by atoms with van der Waals surface area (Å²) >= 11 is 0. The van der Waals surface area contributed by atoms with Crippen LogP contribution in [0.2, 0.25) is 0 Å². The normalized spacial score (nSPS) is 14.6. The van der Waals surface area contributed by atoms with Gasteiger partial charge in [0.25, 0.3) is 0 Å². The number of ether oxygens (including phenoxy) is 1. The van der Waals surface area contributed by atoms with Crippen LogP contribution in [0, 0.1) is 0 Å². The number of methoxy groups -OCH3 is 1. The summed E-state index contributed by atoms with van der Waals surface area (Å²) in [4.78, 5) is 35.7. The van der Waals surface area contributed by atoms with Gasteiger partial charge in [0.1, 0.15) is 12.3 Å². The highest BCUT2D eigenvalue weighted by atomic mass is 16.5. The van der Waals surface area contributed by atoms with Crippen LogP contribution in [-0.4, -0.2) is 36.3 Å². The molecule has 20 heavy (non-hydrogen) atoms. The number of benzene rings is 1. The molecule has 0 radical (unpaired) electrons. The van der Waals surface area contributed by atoms with Crippen molar-refractivity contribution in [2.45, 2.75) is 12.8 Å². The van der Waals surface area contributed by atoms with E-state index < -0.39 is 5.91 Å². The first-order valence-electron chi connectivity index (χ1n) is 6.08. The number of anilines is 2. The van der Waals surface area contributed by atoms with E-state index in [4.69, 9.17) is 10.5 Å². The Morgan fingerprint density at radius 2 is 2.00 bits per heavy atom. The first kappa shape index (κ1) is 13.9. The van der Waals surface area contributed by atoms with Crippen LogP contribution >= 0.6 is 0 Å². The van der Waals surface area contributed by atoms with Gasteiger partial charge in [-0.25, -0.2) is 0 Å². The molecule has 7 heteroatoms. The van der Waals surface area contributed by atoms with Gasteiger partial charge >= 0.3 is 0 Å². The third kappa shape index (κ3) is 2.87. The molecule has 0 bridgehead atoms. The number of hydrogen-bond acceptors (Lipinski definition) is 5. The van der Waals surface area contributed by atoms with Crippen molar-refractivity contribution in [2.75, 3.05) is 24.7 Å². The van der Waals surface area contributed by atoms with E-state index in [0.717, 1.165) is 4.90 Å². The Labute approximate surface area is 115 Å². The van der Waals surface area contributed by atoms with Crippen LogP contribution < -0.4 is 15.8 Å². The molecule has 1 saturated heterocycles. The van der Waals surface area contributed by atoms with Crippen molar-refractivity contribution in [3.05, 3.63) is 18.2 Å². The lowest BCUT2D eigenvalue weighted by Gasteiger charge is -2.15. The van der Waals surface area contributed by atoms with Gasteiger partial charge in [-0.15, -0.1) is 0 Å². The van der Waals surface area contributed by atoms with E-state index in [2.05, 4.69) is 5.32 Å². The van der Waals surface area contributed by atoms with Gasteiger partial charge in [0, 0.05) is 18.5 Å². The molecule has 0 aromatic heterocycles. The molecule has 3 N–H and O–H groups in total. The first-order valence-corrected chi connectivity index (χ1v) is 6.08. The van der Waals surface area contributed by atoms with Gasteiger partial charge in [-0.1, -0.05) is 0 Å². The minimum absolute atomic E-state index is 0.160. The summed E-state index contributed by atoms with van der Waals surface area (Å²) < 4.78 is 5.10. The zero-order valence-electron chi connectivity index (χ0n) is 11.0. The maximum Gasteiger partial charge on any atom is 0.244 e. The number of nitrogens with one attached hydrogen (secondary N) is 1. The van der Waals surface area contributed by atoms with Crippen LogP contribution in [0.4, 0.5) is 11.4 Å². The number of imide groups is 1. The van der Waals surface area contributed by atoms with Gasteiger partial charge in [0.2, 0.25) is 17.7 Å². The second-order valence-corrected chi connectivity index (χ2v) is 4.38. The van der Waals surface area contributed by atoms with Crippen molar-refractivity contribution in [1.29, 1.82) is 0 Å². The van der Waals surface area contributed by atoms with Crippen molar-refractivity contribution in [1.82, 2.24) is 4.90 Å². The maximum absolute atomic E-state index is 11.9. The van der Waals surface area contributed by atoms with Gasteiger partial charge < -0.3 is 15.8 Å². The van der Waals surface area contributed by atoms with Gasteiger partial charge in [0.15, 0.2) is 0 Å². The number of nitrogen functional groups attached to an aromatic ring is 1. The number of carbonyl (C=O) groups excluding carboxylic acids is 3. The summed E-state index contributed by atoms with van der Waals surface area (Å²) in [5, 5.41) is 2.58. The fourth-order valence-electron chi connectivity index (χ4n) is 1.96. The van der Waals surface area contributed by atoms with E-state index in [1.807, 2.05) is 0 Å². The number of likely N-dealkylation sites (tertiary alicyclic amines) is 1. The smallest absolute Gasteiger partial charge is 0.244 e. The number of rotatable bonds is 4. The lowest BCUT2D eigenvalue weighted by atomic mass is 10.2. The first-order chi connectivity index (χ1) is 9.51. The summed E-state index contributed by atoms with van der Waals surface area (Å²) in [5.74, 6) is -0.682. The summed E-state index contributed by atoms with van der Waals surface area (Å²) in [5.41, 5.74) is 6.51. The van der Waals surface area contributed by atoms with E-state index >= 15 is 0 Å². The highest BCUT2D eigenvalue weighted by Crippen LogP contribution is 2.26. The van der Waals surface area contributed by atoms with Crippen LogP contribution in [0.1, 0.15) is 12.8 Å². The van der Waals surface area contributed by atoms with Crippen LogP contribution in [0.3, 0.4) is 0 Å². The number of nitrogens with zero attached hydrogens (tertiary/aromatic N) is 1. The fraction of sp³-hybridized carbons (Fsp3) is 0.308. The van der Waals surface area contributed by atoms with Gasteiger partial charge in [-0.05, 0) is 18.2 Å². The van der Waals surface area contributed by atoms with Crippen LogP contribution in [-0.2, 0) is 14.4 Å². The molecule has 1 aromatic carbocycles. The van der Waals surface area contributed by atoms with E-state index in [1.54, 1.807) is 18.2 Å². The van der Waals surface area contributed by atoms with E-state index in [9.17, 15) is 14.4 Å². The standard InChI is InChI=1S/C13H15N3O4/c1-20-10-3-2-8(14)6-9(10)15-11(17)7-16-12(18)4-5-13(16)19/h2-3,6H,4-5,7,14H2,1H3,(H,15,17). The molecule has 1 aliphatic heterocycles. The Balaban J connectivity index is 2.06. The Morgan fingerprint density at radius 1 is 1.35 bits per heavy atom. The number of carbonyl (C=O) groups is 3. The summed E-state index contributed by atoms with van der Waals surface area (Å²) in [6.45, 7) is -0.296. The van der Waals surface area contributed by atoms with Crippen molar-refractivity contribution in [3.63, 3.8) is 0 Å². The maximum atomic E-state index is 11.9. The molecule has 1 heterocycles. The largest absolute Gasteiger partial charge is 0.495 e. The number of hydrogen-bond donors (Lipinski definition) is 2. The Bertz CT molecular complexity index is 555. The molecule has 0 unspecified atom stereocenters. The molecule has 7 nitrogen and oxygen atoms in total. The lowest BCUT2D eigenvalue weighted by molar-refractivity contribution is -0.141. The summed E-state index contributed by atoms with van der Waals surface area (Å²) in [6, 6.07) is 4.81. The van der Waals surface area contributed by atoms with Gasteiger partial charge in [-0.2, -0.15) is 0 Å². The van der Waals surface area contributed by atoms with Crippen LogP contribution in [0.5, 0.6) is 5.75 Å². The molecule has 0 atom stereocenters. The van der Waals surface area contributed by atoms with E-state index in [-0.39, 0.29) is 31.2 Å². The van der Waals surface area contributed by atoms with Gasteiger partial charge in [0.05, 0.1) is 12.8 Å². The van der Waals surface area contributed by atoms with Gasteiger partial charge in [-0.3, -0.25) is 19.3 Å². The minimum atomic E-state index is -0.475. The molecule has 2 rings (SSSR count). The SMILES string of the molecule is COc1ccc(N)cc1NC(=O)CN1C(=O)CCC1=O. The zero-order valence-corrected chi connectivity index (χ0v) is 11.0. The molecule has 0 spiro atoms. The zero-order chi connectivity index (χ0) is 14.7. The summed E-state index contributed by atoms with van der Waals surface area (Å²) in [7, 11) is 1.47. The van der Waals surface area contributed by atoms with Crippen molar-refractivity contribution >= 4 is 29.1 Å². The molecular weight excluding hydrogens is 262 g/mol. The van der Waals surface area contributed by atoms with Crippen molar-refractivity contribution in [3.8, 4) is 5.75 Å². The Morgan fingerprint density at radius 3 is 2.60 bits per heavy atom. The second kappa shape index (κ2) is 5.60. The average Bonchev–Trinajstić information content (AvgIpc) is 2.71. The number of amides is 3. The highest BCUT2D eigenvalue weighted by Gasteiger charge is 2.30. The second-order valence-electron chi connectivity index (χ2n) is 4.38. The molecule has 0 saturated carbocycles. The molecule has 1 aromatic rings. The molecule has 3 amide bonds.